The zero-order valence-corrected chi connectivity index (χ0v) is 42.2. The Morgan fingerprint density at radius 1 is 0.529 bits per heavy atom. The van der Waals surface area contributed by atoms with Crippen LogP contribution in [0.2, 0.25) is 0 Å². The number of aliphatic hydroxyl groups is 5. The fourth-order valence-corrected chi connectivity index (χ4v) is 8.49. The van der Waals surface area contributed by atoms with E-state index < -0.39 is 83.5 Å². The van der Waals surface area contributed by atoms with Gasteiger partial charge < -0.3 is 49.7 Å². The maximum atomic E-state index is 13.0. The molecule has 1 aliphatic rings. The summed E-state index contributed by atoms with van der Waals surface area (Å²) in [6, 6.07) is 0. The van der Waals surface area contributed by atoms with Crippen LogP contribution in [-0.2, 0) is 41.8 Å². The minimum atomic E-state index is -5.38. The normalized spacial score (nSPS) is 22.3. The van der Waals surface area contributed by atoms with E-state index in [4.69, 9.17) is 18.5 Å². The van der Waals surface area contributed by atoms with Gasteiger partial charge in [0.25, 0.3) is 0 Å². The van der Waals surface area contributed by atoms with Crippen LogP contribution in [0, 0.1) is 0 Å². The topological polar surface area (TPSA) is 276 Å². The Morgan fingerprint density at radius 2 is 0.971 bits per heavy atom. The number of esters is 2. The predicted octanol–water partition coefficient (Wildman–Crippen LogP) is 8.59. The molecular weight excluding hydrogens is 922 g/mol. The zero-order chi connectivity index (χ0) is 50.5. The molecule has 0 bridgehead atoms. The second kappa shape index (κ2) is 39.1. The Kier molecular flexibility index (Phi) is 36.4. The first-order valence-corrected chi connectivity index (χ1v) is 27.5. The number of carbonyl (C=O) groups is 2. The monoisotopic (exact) mass is 1010 g/mol. The van der Waals surface area contributed by atoms with Crippen LogP contribution in [0.25, 0.3) is 0 Å². The summed E-state index contributed by atoms with van der Waals surface area (Å²) in [5, 5.41) is 50.5. The first-order valence-electron chi connectivity index (χ1n) is 24.5. The fraction of sp³-hybridized carbons (Fsp3) is 0.714. The second-order valence-electron chi connectivity index (χ2n) is 17.1. The Balaban J connectivity index is 2.62. The van der Waals surface area contributed by atoms with Crippen molar-refractivity contribution in [2.45, 2.75) is 210 Å². The number of phosphoric ester groups is 2. The van der Waals surface area contributed by atoms with Gasteiger partial charge in [0.1, 0.15) is 43.2 Å². The Labute approximate surface area is 404 Å². The summed E-state index contributed by atoms with van der Waals surface area (Å²) >= 11 is 0. The number of unbranched alkanes of at least 4 members (excludes halogenated alkanes) is 12. The first-order chi connectivity index (χ1) is 32.5. The van der Waals surface area contributed by atoms with Gasteiger partial charge in [-0.15, -0.1) is 0 Å². The summed E-state index contributed by atoms with van der Waals surface area (Å²) in [5.41, 5.74) is 0. The van der Waals surface area contributed by atoms with Crippen LogP contribution >= 0.6 is 15.6 Å². The molecule has 1 fully saturated rings. The minimum Gasteiger partial charge on any atom is -0.462 e. The third-order valence-electron chi connectivity index (χ3n) is 10.8. The third-order valence-corrected chi connectivity index (χ3v) is 12.3. The number of allylic oxidation sites excluding steroid dienone is 12. The first kappa shape index (κ1) is 63.4. The summed E-state index contributed by atoms with van der Waals surface area (Å²) in [5.74, 6) is -1.30. The maximum absolute atomic E-state index is 13.0. The SMILES string of the molecule is CCCCC/C=C\C/C=C\CCCCCCCCCC(=O)O[C@H](COC(=O)CCC/C=C\C/C=C\C/C=C\C/C=C\CCC[C@@H](C)O)COP(=O)(O)O[C@H]1C(O)C(O)C(O)[C@@H](OP(=O)(O)O)C1O. The molecule has 5 unspecified atom stereocenters. The molecule has 8 N–H and O–H groups in total. The molecule has 17 nitrogen and oxygen atoms in total. The summed E-state index contributed by atoms with van der Waals surface area (Å²) in [4.78, 5) is 54.3. The van der Waals surface area contributed by atoms with E-state index in [0.29, 0.717) is 19.3 Å². The van der Waals surface area contributed by atoms with Gasteiger partial charge in [0.2, 0.25) is 0 Å². The van der Waals surface area contributed by atoms with E-state index in [0.717, 1.165) is 96.3 Å². The average molecular weight is 1010 g/mol. The summed E-state index contributed by atoms with van der Waals surface area (Å²) in [6.07, 6.45) is 29.8. The highest BCUT2D eigenvalue weighted by Crippen LogP contribution is 2.49. The Hall–Kier alpha value is -2.60. The molecule has 9 atom stereocenters. The van der Waals surface area contributed by atoms with Crippen LogP contribution in [0.4, 0.5) is 0 Å². The molecule has 0 aromatic rings. The van der Waals surface area contributed by atoms with Crippen LogP contribution in [0.1, 0.15) is 162 Å². The van der Waals surface area contributed by atoms with Crippen molar-refractivity contribution in [3.05, 3.63) is 72.9 Å². The molecule has 1 rings (SSSR count). The molecule has 0 aliphatic heterocycles. The van der Waals surface area contributed by atoms with Gasteiger partial charge in [-0.3, -0.25) is 23.2 Å². The molecule has 0 heterocycles. The highest BCUT2D eigenvalue weighted by molar-refractivity contribution is 7.47. The summed E-state index contributed by atoms with van der Waals surface area (Å²) < 4.78 is 49.3. The van der Waals surface area contributed by atoms with Gasteiger partial charge >= 0.3 is 27.6 Å². The lowest BCUT2D eigenvalue weighted by Crippen LogP contribution is -2.64. The van der Waals surface area contributed by atoms with Crippen LogP contribution < -0.4 is 0 Å². The zero-order valence-electron chi connectivity index (χ0n) is 40.4. The molecule has 0 aromatic heterocycles. The van der Waals surface area contributed by atoms with E-state index in [1.807, 2.05) is 18.2 Å². The van der Waals surface area contributed by atoms with Crippen LogP contribution in [0.3, 0.4) is 0 Å². The van der Waals surface area contributed by atoms with Crippen molar-refractivity contribution >= 4 is 27.6 Å². The van der Waals surface area contributed by atoms with Crippen LogP contribution in [-0.4, -0.2) is 114 Å². The van der Waals surface area contributed by atoms with E-state index in [2.05, 4.69) is 66.1 Å². The summed E-state index contributed by atoms with van der Waals surface area (Å²) in [6.45, 7) is 2.58. The number of rotatable bonds is 40. The Bertz CT molecular complexity index is 1610. The highest BCUT2D eigenvalue weighted by atomic mass is 31.2. The molecular formula is C49H84O17P2. The van der Waals surface area contributed by atoms with Gasteiger partial charge in [-0.05, 0) is 96.8 Å². The third kappa shape index (κ3) is 33.8. The second-order valence-corrected chi connectivity index (χ2v) is 19.7. The molecule has 0 spiro atoms. The summed E-state index contributed by atoms with van der Waals surface area (Å²) in [7, 11) is -10.7. The van der Waals surface area contributed by atoms with E-state index in [9.17, 15) is 58.9 Å². The number of ether oxygens (including phenoxy) is 2. The lowest BCUT2D eigenvalue weighted by Gasteiger charge is -2.43. The standard InChI is InChI=1S/C49H84O17P2/c1-3-4-5-6-7-8-9-10-11-12-15-19-22-25-28-31-34-37-43(52)64-41(39-63-68(60,61)66-49-46(55)44(53)45(54)48(47(49)56)65-67(57,58)59)38-62-42(51)36-33-30-27-24-21-18-16-13-14-17-20-23-26-29-32-35-40(2)50/h7-8,10-11,14,16-18,23-24,26-27,40-41,44-50,53-56H,3-6,9,12-13,15,19-22,25,28-39H2,1-2H3,(H,60,61)(H2,57,58,59)/b8-7-,11-10-,17-14-,18-16-,26-23-,27-24-/t40-,41-,44?,45?,46?,47?,48-,49+/m1/s1. The van der Waals surface area contributed by atoms with E-state index in [-0.39, 0.29) is 18.9 Å². The molecule has 0 radical (unpaired) electrons. The van der Waals surface area contributed by atoms with E-state index in [1.165, 1.54) is 19.3 Å². The van der Waals surface area contributed by atoms with Gasteiger partial charge in [-0.2, -0.15) is 0 Å². The van der Waals surface area contributed by atoms with Crippen molar-refractivity contribution in [1.29, 1.82) is 0 Å². The number of phosphoric acid groups is 2. The highest BCUT2D eigenvalue weighted by Gasteiger charge is 2.54. The van der Waals surface area contributed by atoms with Crippen molar-refractivity contribution < 1.29 is 82.0 Å². The van der Waals surface area contributed by atoms with Gasteiger partial charge in [-0.1, -0.05) is 125 Å². The van der Waals surface area contributed by atoms with Gasteiger partial charge in [0, 0.05) is 12.8 Å². The van der Waals surface area contributed by atoms with Gasteiger partial charge in [0.15, 0.2) is 6.10 Å². The molecule has 1 saturated carbocycles. The number of hydrogen-bond acceptors (Lipinski definition) is 14. The molecule has 0 saturated heterocycles. The smallest absolute Gasteiger partial charge is 0.462 e. The van der Waals surface area contributed by atoms with Crippen molar-refractivity contribution in [2.24, 2.45) is 0 Å². The quantitative estimate of drug-likeness (QED) is 0.0123. The lowest BCUT2D eigenvalue weighted by molar-refractivity contribution is -0.216. The van der Waals surface area contributed by atoms with Crippen molar-refractivity contribution in [3.8, 4) is 0 Å². The molecule has 1 aliphatic carbocycles. The number of carbonyl (C=O) groups excluding carboxylic acids is 2. The van der Waals surface area contributed by atoms with E-state index >= 15 is 0 Å². The average Bonchev–Trinajstić information content (AvgIpc) is 3.28. The number of aliphatic hydroxyl groups excluding tert-OH is 5. The van der Waals surface area contributed by atoms with Crippen LogP contribution in [0.5, 0.6) is 0 Å². The molecule has 392 valence electrons. The van der Waals surface area contributed by atoms with Gasteiger partial charge in [-0.25, -0.2) is 9.13 Å². The lowest BCUT2D eigenvalue weighted by atomic mass is 9.85. The van der Waals surface area contributed by atoms with E-state index in [1.54, 1.807) is 6.92 Å². The fourth-order valence-electron chi connectivity index (χ4n) is 6.95. The van der Waals surface area contributed by atoms with Gasteiger partial charge in [0.05, 0.1) is 12.7 Å². The molecule has 68 heavy (non-hydrogen) atoms. The largest absolute Gasteiger partial charge is 0.472 e. The Morgan fingerprint density at radius 3 is 1.49 bits per heavy atom. The van der Waals surface area contributed by atoms with Crippen LogP contribution in [0.15, 0.2) is 72.9 Å². The molecule has 19 heteroatoms. The number of hydrogen-bond donors (Lipinski definition) is 8. The maximum Gasteiger partial charge on any atom is 0.472 e. The molecule has 0 amide bonds. The van der Waals surface area contributed by atoms with Crippen molar-refractivity contribution in [2.75, 3.05) is 13.2 Å². The predicted molar refractivity (Wildman–Crippen MR) is 261 cm³/mol. The van der Waals surface area contributed by atoms with Crippen molar-refractivity contribution in [1.82, 2.24) is 0 Å². The minimum absolute atomic E-state index is 0.0137. The molecule has 0 aromatic carbocycles. The van der Waals surface area contributed by atoms with Crippen molar-refractivity contribution in [3.63, 3.8) is 0 Å².